The summed E-state index contributed by atoms with van der Waals surface area (Å²) in [5, 5.41) is -0.400. The minimum atomic E-state index is -4.71. The Morgan fingerprint density at radius 3 is 2.33 bits per heavy atom. The molecule has 1 saturated heterocycles. The van der Waals surface area contributed by atoms with Crippen molar-refractivity contribution in [2.24, 2.45) is 0 Å². The Morgan fingerprint density at radius 2 is 2.00 bits per heavy atom. The topological polar surface area (TPSA) is 37.4 Å². The summed E-state index contributed by atoms with van der Waals surface area (Å²) in [6.45, 7) is 1.51. The molecule has 0 radical (unpaired) electrons. The maximum absolute atomic E-state index is 12.0. The van der Waals surface area contributed by atoms with Gasteiger partial charge in [-0.3, -0.25) is 0 Å². The summed E-state index contributed by atoms with van der Waals surface area (Å²) < 4.78 is 59.5. The number of sulfonamides is 1. The van der Waals surface area contributed by atoms with E-state index in [9.17, 15) is 21.6 Å². The lowest BCUT2D eigenvalue weighted by atomic mass is 10.2. The van der Waals surface area contributed by atoms with Gasteiger partial charge in [-0.15, -0.1) is 11.6 Å². The van der Waals surface area contributed by atoms with E-state index in [1.165, 1.54) is 0 Å². The van der Waals surface area contributed by atoms with Crippen LogP contribution in [0.3, 0.4) is 0 Å². The molecular formula is C7H11ClF3NO2S. The molecule has 2 atom stereocenters. The van der Waals surface area contributed by atoms with E-state index >= 15 is 0 Å². The molecule has 1 rings (SSSR count). The van der Waals surface area contributed by atoms with Gasteiger partial charge in [-0.25, -0.2) is 8.42 Å². The van der Waals surface area contributed by atoms with Crippen LogP contribution in [0.1, 0.15) is 13.3 Å². The van der Waals surface area contributed by atoms with Crippen LogP contribution >= 0.6 is 11.6 Å². The van der Waals surface area contributed by atoms with Gasteiger partial charge in [0.2, 0.25) is 10.0 Å². The number of alkyl halides is 4. The van der Waals surface area contributed by atoms with Crippen LogP contribution in [0.15, 0.2) is 0 Å². The summed E-state index contributed by atoms with van der Waals surface area (Å²) in [5.41, 5.74) is 0. The second-order valence-corrected chi connectivity index (χ2v) is 6.16. The van der Waals surface area contributed by atoms with Crippen LogP contribution in [0.5, 0.6) is 0 Å². The van der Waals surface area contributed by atoms with Crippen LogP contribution in [0.4, 0.5) is 13.2 Å². The minimum Gasteiger partial charge on any atom is -0.212 e. The van der Waals surface area contributed by atoms with Gasteiger partial charge < -0.3 is 0 Å². The fourth-order valence-electron chi connectivity index (χ4n) is 1.61. The van der Waals surface area contributed by atoms with E-state index in [0.717, 1.165) is 4.31 Å². The number of hydrogen-bond donors (Lipinski definition) is 0. The zero-order valence-corrected chi connectivity index (χ0v) is 9.53. The van der Waals surface area contributed by atoms with Crippen molar-refractivity contribution in [2.75, 3.05) is 12.3 Å². The van der Waals surface area contributed by atoms with Crippen molar-refractivity contribution in [3.8, 4) is 0 Å². The molecule has 15 heavy (non-hydrogen) atoms. The molecule has 0 spiro atoms. The quantitative estimate of drug-likeness (QED) is 0.711. The normalized spacial score (nSPS) is 29.7. The first-order valence-corrected chi connectivity index (χ1v) is 6.37. The Balaban J connectivity index is 2.79. The van der Waals surface area contributed by atoms with Crippen molar-refractivity contribution in [1.82, 2.24) is 4.31 Å². The summed E-state index contributed by atoms with van der Waals surface area (Å²) in [4.78, 5) is 0. The average Bonchev–Trinajstić information content (AvgIpc) is 2.24. The lowest BCUT2D eigenvalue weighted by Crippen LogP contribution is -2.39. The highest BCUT2D eigenvalue weighted by Crippen LogP contribution is 2.28. The average molecular weight is 266 g/mol. The van der Waals surface area contributed by atoms with Crippen molar-refractivity contribution in [1.29, 1.82) is 0 Å². The van der Waals surface area contributed by atoms with Crippen LogP contribution in [-0.4, -0.2) is 42.6 Å². The highest BCUT2D eigenvalue weighted by molar-refractivity contribution is 7.89. The molecule has 0 saturated carbocycles. The molecule has 0 N–H and O–H groups in total. The van der Waals surface area contributed by atoms with Gasteiger partial charge >= 0.3 is 6.18 Å². The first kappa shape index (κ1) is 13.1. The van der Waals surface area contributed by atoms with E-state index in [1.54, 1.807) is 6.92 Å². The van der Waals surface area contributed by atoms with E-state index in [-0.39, 0.29) is 6.54 Å². The summed E-state index contributed by atoms with van der Waals surface area (Å²) in [6.07, 6.45) is -4.32. The molecule has 0 aliphatic carbocycles. The monoisotopic (exact) mass is 265 g/mol. The zero-order chi connectivity index (χ0) is 11.9. The molecular weight excluding hydrogens is 255 g/mol. The van der Waals surface area contributed by atoms with Crippen LogP contribution in [0.2, 0.25) is 0 Å². The lowest BCUT2D eigenvalue weighted by Gasteiger charge is -2.21. The van der Waals surface area contributed by atoms with Crippen molar-refractivity contribution in [2.45, 2.75) is 30.9 Å². The third-order valence-electron chi connectivity index (χ3n) is 2.17. The SMILES string of the molecule is CC1CC(Cl)CN1S(=O)(=O)CC(F)(F)F. The van der Waals surface area contributed by atoms with Crippen molar-refractivity contribution >= 4 is 21.6 Å². The smallest absolute Gasteiger partial charge is 0.212 e. The van der Waals surface area contributed by atoms with Crippen LogP contribution in [0, 0.1) is 0 Å². The Morgan fingerprint density at radius 1 is 1.47 bits per heavy atom. The predicted molar refractivity (Wildman–Crippen MR) is 50.3 cm³/mol. The van der Waals surface area contributed by atoms with Gasteiger partial charge in [-0.05, 0) is 13.3 Å². The molecule has 0 amide bonds. The first-order valence-electron chi connectivity index (χ1n) is 4.32. The Bertz CT molecular complexity index is 330. The molecule has 1 aliphatic rings. The fourth-order valence-corrected chi connectivity index (χ4v) is 3.72. The molecule has 0 aromatic rings. The molecule has 1 aliphatic heterocycles. The van der Waals surface area contributed by atoms with Gasteiger partial charge in [-0.1, -0.05) is 0 Å². The number of rotatable bonds is 2. The van der Waals surface area contributed by atoms with Crippen LogP contribution < -0.4 is 0 Å². The predicted octanol–water partition coefficient (Wildman–Crippen LogP) is 1.58. The van der Waals surface area contributed by atoms with Gasteiger partial charge in [0, 0.05) is 18.0 Å². The van der Waals surface area contributed by atoms with Crippen LogP contribution in [-0.2, 0) is 10.0 Å². The van der Waals surface area contributed by atoms with Gasteiger partial charge in [-0.2, -0.15) is 17.5 Å². The van der Waals surface area contributed by atoms with E-state index in [0.29, 0.717) is 6.42 Å². The summed E-state index contributed by atoms with van der Waals surface area (Å²) in [7, 11) is -4.28. The molecule has 3 nitrogen and oxygen atoms in total. The summed E-state index contributed by atoms with van der Waals surface area (Å²) >= 11 is 5.69. The summed E-state index contributed by atoms with van der Waals surface area (Å²) in [6, 6.07) is -0.458. The molecule has 90 valence electrons. The zero-order valence-electron chi connectivity index (χ0n) is 7.96. The Labute approximate surface area is 91.2 Å². The number of nitrogens with zero attached hydrogens (tertiary/aromatic N) is 1. The van der Waals surface area contributed by atoms with E-state index in [1.807, 2.05) is 0 Å². The van der Waals surface area contributed by atoms with Crippen LogP contribution in [0.25, 0.3) is 0 Å². The number of hydrogen-bond acceptors (Lipinski definition) is 2. The molecule has 0 bridgehead atoms. The second kappa shape index (κ2) is 4.10. The van der Waals surface area contributed by atoms with Gasteiger partial charge in [0.1, 0.15) is 0 Å². The van der Waals surface area contributed by atoms with Gasteiger partial charge in [0.05, 0.1) is 0 Å². The lowest BCUT2D eigenvalue weighted by molar-refractivity contribution is -0.107. The van der Waals surface area contributed by atoms with Gasteiger partial charge in [0.25, 0.3) is 0 Å². The maximum Gasteiger partial charge on any atom is 0.404 e. The standard InChI is InChI=1S/C7H11ClF3NO2S/c1-5-2-6(8)3-12(5)15(13,14)4-7(9,10)11/h5-6H,2-4H2,1H3. The van der Waals surface area contributed by atoms with Crippen molar-refractivity contribution in [3.63, 3.8) is 0 Å². The molecule has 1 fully saturated rings. The highest BCUT2D eigenvalue weighted by atomic mass is 35.5. The maximum atomic E-state index is 12.0. The summed E-state index contributed by atoms with van der Waals surface area (Å²) in [5.74, 6) is -1.81. The Hall–Kier alpha value is -0.0100. The Kier molecular flexibility index (Phi) is 3.57. The molecule has 0 aromatic carbocycles. The molecule has 8 heteroatoms. The minimum absolute atomic E-state index is 0.0405. The van der Waals surface area contributed by atoms with Crippen molar-refractivity contribution in [3.05, 3.63) is 0 Å². The number of halogens is 4. The first-order chi connectivity index (χ1) is 6.62. The molecule has 2 unspecified atom stereocenters. The molecule has 1 heterocycles. The highest BCUT2D eigenvalue weighted by Gasteiger charge is 2.43. The third kappa shape index (κ3) is 3.49. The fraction of sp³-hybridized carbons (Fsp3) is 1.00. The van der Waals surface area contributed by atoms with Gasteiger partial charge in [0.15, 0.2) is 5.75 Å². The third-order valence-corrected chi connectivity index (χ3v) is 4.40. The van der Waals surface area contributed by atoms with E-state index in [4.69, 9.17) is 11.6 Å². The molecule has 0 aromatic heterocycles. The van der Waals surface area contributed by atoms with E-state index < -0.39 is 33.4 Å². The van der Waals surface area contributed by atoms with Crippen molar-refractivity contribution < 1.29 is 21.6 Å². The van der Waals surface area contributed by atoms with E-state index in [2.05, 4.69) is 0 Å². The second-order valence-electron chi connectivity index (χ2n) is 3.62. The largest absolute Gasteiger partial charge is 0.404 e.